The summed E-state index contributed by atoms with van der Waals surface area (Å²) in [5, 5.41) is 1.05. The first-order valence-electron chi connectivity index (χ1n) is 12.7. The van der Waals surface area contributed by atoms with Crippen LogP contribution in [0.2, 0.25) is 0 Å². The summed E-state index contributed by atoms with van der Waals surface area (Å²) in [4.78, 5) is 34.0. The van der Waals surface area contributed by atoms with Crippen LogP contribution in [0.1, 0.15) is 33.9 Å². The molecule has 7 nitrogen and oxygen atoms in total. The second-order valence-corrected chi connectivity index (χ2v) is 9.42. The van der Waals surface area contributed by atoms with Gasteiger partial charge in [-0.25, -0.2) is 0 Å². The van der Waals surface area contributed by atoms with E-state index in [4.69, 9.17) is 9.47 Å². The van der Waals surface area contributed by atoms with Gasteiger partial charge in [0.05, 0.1) is 32.1 Å². The molecule has 37 heavy (non-hydrogen) atoms. The highest BCUT2D eigenvalue weighted by Gasteiger charge is 2.40. The summed E-state index contributed by atoms with van der Waals surface area (Å²) in [6.45, 7) is 2.65. The number of benzene rings is 3. The van der Waals surface area contributed by atoms with Crippen molar-refractivity contribution >= 4 is 22.7 Å². The number of nitrogens with one attached hydrogen (secondary N) is 1. The van der Waals surface area contributed by atoms with E-state index in [-0.39, 0.29) is 24.3 Å². The van der Waals surface area contributed by atoms with Crippen LogP contribution in [0.4, 0.5) is 0 Å². The number of amides is 2. The fourth-order valence-corrected chi connectivity index (χ4v) is 5.55. The van der Waals surface area contributed by atoms with E-state index in [2.05, 4.69) is 17.1 Å². The van der Waals surface area contributed by atoms with Gasteiger partial charge in [0.1, 0.15) is 5.75 Å². The average molecular weight is 496 g/mol. The molecule has 0 bridgehead atoms. The number of rotatable bonds is 6. The van der Waals surface area contributed by atoms with E-state index in [1.165, 1.54) is 0 Å². The molecule has 0 spiro atoms. The summed E-state index contributed by atoms with van der Waals surface area (Å²) in [7, 11) is 1.66. The first-order valence-corrected chi connectivity index (χ1v) is 12.7. The number of carbonyl (C=O) groups is 2. The van der Waals surface area contributed by atoms with Crippen LogP contribution in [0, 0.1) is 0 Å². The molecule has 1 saturated heterocycles. The van der Waals surface area contributed by atoms with Crippen molar-refractivity contribution in [2.75, 3.05) is 40.0 Å². The van der Waals surface area contributed by atoms with E-state index in [1.54, 1.807) is 7.11 Å². The first-order chi connectivity index (χ1) is 18.2. The molecule has 1 atom stereocenters. The van der Waals surface area contributed by atoms with Crippen LogP contribution < -0.4 is 4.74 Å². The number of morpholine rings is 1. The maximum atomic E-state index is 13.7. The summed E-state index contributed by atoms with van der Waals surface area (Å²) >= 11 is 0. The van der Waals surface area contributed by atoms with Gasteiger partial charge >= 0.3 is 0 Å². The van der Waals surface area contributed by atoms with Crippen LogP contribution in [0.15, 0.2) is 72.8 Å². The second-order valence-electron chi connectivity index (χ2n) is 9.42. The number of hydrogen-bond acceptors (Lipinski definition) is 4. The van der Waals surface area contributed by atoms with Crippen molar-refractivity contribution in [2.45, 2.75) is 12.5 Å². The van der Waals surface area contributed by atoms with E-state index in [9.17, 15) is 9.59 Å². The lowest BCUT2D eigenvalue weighted by Crippen LogP contribution is -2.42. The van der Waals surface area contributed by atoms with Crippen molar-refractivity contribution in [3.8, 4) is 17.0 Å². The van der Waals surface area contributed by atoms with Crippen LogP contribution >= 0.6 is 0 Å². The molecular weight excluding hydrogens is 466 g/mol. The molecule has 6 rings (SSSR count). The highest BCUT2D eigenvalue weighted by Crippen LogP contribution is 2.45. The minimum absolute atomic E-state index is 0.0442. The predicted molar refractivity (Wildman–Crippen MR) is 142 cm³/mol. The molecule has 1 fully saturated rings. The van der Waals surface area contributed by atoms with Gasteiger partial charge in [0, 0.05) is 53.6 Å². The third-order valence-electron chi connectivity index (χ3n) is 7.37. The van der Waals surface area contributed by atoms with Gasteiger partial charge in [-0.05, 0) is 29.8 Å². The van der Waals surface area contributed by atoms with Crippen molar-refractivity contribution in [1.29, 1.82) is 0 Å². The summed E-state index contributed by atoms with van der Waals surface area (Å²) < 4.78 is 10.9. The Labute approximate surface area is 215 Å². The number of hydrogen-bond donors (Lipinski definition) is 1. The number of aromatic amines is 1. The number of methoxy groups -OCH3 is 1. The standard InChI is InChI=1S/C30H29N3O4/c1-36-21-8-6-7-20(19-21)28-27(24-11-4-5-12-25(24)31-28)29-22-9-2-3-10-23(22)30(35)33(29)14-13-26(34)32-15-17-37-18-16-32/h2-12,19,29,31H,13-18H2,1H3/t29-/m1/s1. The molecule has 3 heterocycles. The highest BCUT2D eigenvalue weighted by molar-refractivity contribution is 6.02. The molecule has 3 aromatic carbocycles. The molecular formula is C30H29N3O4. The fourth-order valence-electron chi connectivity index (χ4n) is 5.55. The zero-order chi connectivity index (χ0) is 25.4. The molecule has 0 aliphatic carbocycles. The van der Waals surface area contributed by atoms with Gasteiger partial charge in [-0.1, -0.05) is 48.5 Å². The zero-order valence-electron chi connectivity index (χ0n) is 20.8. The Morgan fingerprint density at radius 2 is 1.81 bits per heavy atom. The number of ether oxygens (including phenoxy) is 2. The summed E-state index contributed by atoms with van der Waals surface area (Å²) in [6, 6.07) is 23.6. The van der Waals surface area contributed by atoms with Crippen LogP contribution in [0.3, 0.4) is 0 Å². The molecule has 0 radical (unpaired) electrons. The molecule has 0 saturated carbocycles. The van der Waals surface area contributed by atoms with E-state index < -0.39 is 0 Å². The van der Waals surface area contributed by atoms with E-state index in [0.717, 1.165) is 39.0 Å². The van der Waals surface area contributed by atoms with E-state index >= 15 is 0 Å². The maximum Gasteiger partial charge on any atom is 0.255 e. The number of para-hydroxylation sites is 1. The van der Waals surface area contributed by atoms with Crippen LogP contribution in [-0.4, -0.2) is 66.6 Å². The minimum atomic E-state index is -0.321. The van der Waals surface area contributed by atoms with E-state index in [0.29, 0.717) is 38.4 Å². The Hall–Kier alpha value is -4.10. The van der Waals surface area contributed by atoms with Crippen LogP contribution in [0.5, 0.6) is 5.75 Å². The SMILES string of the molecule is COc1cccc(-c2[nH]c3ccccc3c2[C@H]2c3ccccc3C(=O)N2CCC(=O)N2CCOCC2)c1. The lowest BCUT2D eigenvalue weighted by atomic mass is 9.93. The fraction of sp³-hybridized carbons (Fsp3) is 0.267. The van der Waals surface area contributed by atoms with Crippen molar-refractivity contribution in [1.82, 2.24) is 14.8 Å². The first kappa shape index (κ1) is 23.3. The number of aromatic nitrogens is 1. The molecule has 2 aliphatic rings. The Kier molecular flexibility index (Phi) is 6.14. The predicted octanol–water partition coefficient (Wildman–Crippen LogP) is 4.64. The smallest absolute Gasteiger partial charge is 0.255 e. The minimum Gasteiger partial charge on any atom is -0.497 e. The number of fused-ring (bicyclic) bond motifs is 2. The van der Waals surface area contributed by atoms with Gasteiger partial charge < -0.3 is 24.3 Å². The van der Waals surface area contributed by atoms with Gasteiger partial charge in [-0.3, -0.25) is 9.59 Å². The Bertz CT molecular complexity index is 1470. The molecule has 188 valence electrons. The Morgan fingerprint density at radius 1 is 1.03 bits per heavy atom. The quantitative estimate of drug-likeness (QED) is 0.423. The molecule has 2 amide bonds. The molecule has 0 unspecified atom stereocenters. The van der Waals surface area contributed by atoms with Crippen LogP contribution in [-0.2, 0) is 9.53 Å². The molecule has 4 aromatic rings. The summed E-state index contributed by atoms with van der Waals surface area (Å²) in [5.41, 5.74) is 5.59. The molecule has 1 N–H and O–H groups in total. The van der Waals surface area contributed by atoms with Crippen molar-refractivity contribution in [2.24, 2.45) is 0 Å². The van der Waals surface area contributed by atoms with Gasteiger partial charge in [0.25, 0.3) is 5.91 Å². The lowest BCUT2D eigenvalue weighted by Gasteiger charge is -2.30. The number of carbonyl (C=O) groups excluding carboxylic acids is 2. The van der Waals surface area contributed by atoms with Crippen LogP contribution in [0.25, 0.3) is 22.2 Å². The van der Waals surface area contributed by atoms with Crippen molar-refractivity contribution < 1.29 is 19.1 Å². The molecule has 2 aliphatic heterocycles. The third kappa shape index (κ3) is 4.15. The lowest BCUT2D eigenvalue weighted by molar-refractivity contribution is -0.135. The molecule has 7 heteroatoms. The van der Waals surface area contributed by atoms with Crippen molar-refractivity contribution in [3.05, 3.63) is 89.5 Å². The third-order valence-corrected chi connectivity index (χ3v) is 7.37. The largest absolute Gasteiger partial charge is 0.497 e. The summed E-state index contributed by atoms with van der Waals surface area (Å²) in [6.07, 6.45) is 0.271. The van der Waals surface area contributed by atoms with Gasteiger partial charge in [0.2, 0.25) is 5.91 Å². The van der Waals surface area contributed by atoms with Gasteiger partial charge in [-0.15, -0.1) is 0 Å². The Balaban J connectivity index is 1.45. The monoisotopic (exact) mass is 495 g/mol. The van der Waals surface area contributed by atoms with Gasteiger partial charge in [-0.2, -0.15) is 0 Å². The molecule has 1 aromatic heterocycles. The van der Waals surface area contributed by atoms with Gasteiger partial charge in [0.15, 0.2) is 0 Å². The van der Waals surface area contributed by atoms with E-state index in [1.807, 2.05) is 70.5 Å². The Morgan fingerprint density at radius 3 is 2.65 bits per heavy atom. The normalized spacial score (nSPS) is 17.3. The summed E-state index contributed by atoms with van der Waals surface area (Å²) in [5.74, 6) is 0.771. The average Bonchev–Trinajstić information content (AvgIpc) is 3.47. The number of nitrogens with zero attached hydrogens (tertiary/aromatic N) is 2. The maximum absolute atomic E-state index is 13.7. The zero-order valence-corrected chi connectivity index (χ0v) is 20.8. The highest BCUT2D eigenvalue weighted by atomic mass is 16.5. The second kappa shape index (κ2) is 9.75. The topological polar surface area (TPSA) is 74.9 Å². The number of H-pyrrole nitrogens is 1. The van der Waals surface area contributed by atoms with Crippen molar-refractivity contribution in [3.63, 3.8) is 0 Å².